The highest BCUT2D eigenvalue weighted by molar-refractivity contribution is 6.99. The van der Waals surface area contributed by atoms with Gasteiger partial charge in [0.2, 0.25) is 0 Å². The van der Waals surface area contributed by atoms with Gasteiger partial charge in [-0.3, -0.25) is 10.1 Å². The van der Waals surface area contributed by atoms with E-state index in [0.717, 1.165) is 18.4 Å². The molecule has 0 aromatic heterocycles. The highest BCUT2D eigenvalue weighted by atomic mass is 28.4. The van der Waals surface area contributed by atoms with Gasteiger partial charge >= 0.3 is 5.97 Å². The van der Waals surface area contributed by atoms with Crippen LogP contribution in [0.2, 0.25) is 5.04 Å². The summed E-state index contributed by atoms with van der Waals surface area (Å²) in [7, 11) is -2.71. The van der Waals surface area contributed by atoms with Gasteiger partial charge in [-0.1, -0.05) is 136 Å². The van der Waals surface area contributed by atoms with Crippen molar-refractivity contribution in [1.82, 2.24) is 0 Å². The van der Waals surface area contributed by atoms with E-state index in [1.165, 1.54) is 34.6 Å². The Labute approximate surface area is 273 Å². The summed E-state index contributed by atoms with van der Waals surface area (Å²) < 4.78 is 13.2. The van der Waals surface area contributed by atoms with Crippen LogP contribution in [0.15, 0.2) is 140 Å². The summed E-state index contributed by atoms with van der Waals surface area (Å²) in [5.41, 5.74) is 1.07. The Morgan fingerprint density at radius 2 is 1.37 bits per heavy atom. The molecule has 0 radical (unpaired) electrons. The van der Waals surface area contributed by atoms with Crippen molar-refractivity contribution in [1.29, 1.82) is 0 Å². The fourth-order valence-corrected chi connectivity index (χ4v) is 10.4. The number of allylic oxidation sites excluding steroid dienone is 2. The van der Waals surface area contributed by atoms with Crippen molar-refractivity contribution >= 4 is 30.3 Å². The van der Waals surface area contributed by atoms with Crippen LogP contribution in [0.1, 0.15) is 69.0 Å². The van der Waals surface area contributed by atoms with Crippen molar-refractivity contribution in [2.45, 2.75) is 64.2 Å². The summed E-state index contributed by atoms with van der Waals surface area (Å²) in [5.74, 6) is -0.524. The summed E-state index contributed by atoms with van der Waals surface area (Å²) in [6, 6.07) is 36.4. The molecule has 7 heteroatoms. The van der Waals surface area contributed by atoms with Crippen LogP contribution in [0.3, 0.4) is 0 Å². The van der Waals surface area contributed by atoms with Gasteiger partial charge in [-0.2, -0.15) is 0 Å². The minimum Gasteiger partial charge on any atom is -0.454 e. The first-order valence-electron chi connectivity index (χ1n) is 15.7. The van der Waals surface area contributed by atoms with Crippen molar-refractivity contribution < 1.29 is 18.9 Å². The van der Waals surface area contributed by atoms with Crippen LogP contribution in [0.5, 0.6) is 0 Å². The smallest absolute Gasteiger partial charge is 0.338 e. The molecule has 0 N–H and O–H groups in total. The third-order valence-electron chi connectivity index (χ3n) is 8.02. The van der Waals surface area contributed by atoms with Crippen molar-refractivity contribution in [3.05, 3.63) is 161 Å². The molecular formula is C39H43NO5Si. The molecule has 4 aromatic rings. The average molecular weight is 634 g/mol. The fraction of sp³-hybridized carbons (Fsp3) is 0.256. The molecule has 0 aliphatic rings. The van der Waals surface area contributed by atoms with Crippen LogP contribution in [0, 0.1) is 10.1 Å². The summed E-state index contributed by atoms with van der Waals surface area (Å²) in [4.78, 5) is 23.5. The standard InChI is InChI=1S/C39H43NO5Si/c1-5-18-34(45-46(39(2,3)4,35-22-13-8-14-23-35)36-24-15-9-16-25-36)21-12-7-17-26-37(31-19-10-6-11-20-31)44-38(41)32-27-29-33(30-28-32)40(42)43/h5-11,13-20,22-25,27-30,34,37H,12,21,26H2,1-4H3/b17-7-,18-5+/t34-,37-/m0/s1. The average Bonchev–Trinajstić information content (AvgIpc) is 3.07. The zero-order chi connectivity index (χ0) is 33.0. The van der Waals surface area contributed by atoms with Gasteiger partial charge in [0.25, 0.3) is 14.0 Å². The maximum Gasteiger partial charge on any atom is 0.338 e. The third kappa shape index (κ3) is 8.56. The van der Waals surface area contributed by atoms with Gasteiger partial charge in [-0.15, -0.1) is 0 Å². The third-order valence-corrected chi connectivity index (χ3v) is 13.1. The highest BCUT2D eigenvalue weighted by Gasteiger charge is 2.51. The molecule has 0 fully saturated rings. The second-order valence-corrected chi connectivity index (χ2v) is 16.5. The molecule has 46 heavy (non-hydrogen) atoms. The molecule has 0 aliphatic carbocycles. The number of carbonyl (C=O) groups excluding carboxylic acids is 1. The van der Waals surface area contributed by atoms with Gasteiger partial charge in [0.05, 0.1) is 16.6 Å². The van der Waals surface area contributed by atoms with Gasteiger partial charge < -0.3 is 9.16 Å². The number of hydrogen-bond acceptors (Lipinski definition) is 5. The number of nitro groups is 1. The Balaban J connectivity index is 1.50. The highest BCUT2D eigenvalue weighted by Crippen LogP contribution is 2.38. The SMILES string of the molecule is C/C=C/[C@@H](CC/C=C\C[C@H](OC(=O)c1ccc([N+](=O)[O-])cc1)c1ccccc1)O[Si](c1ccccc1)(c1ccccc1)C(C)(C)C. The predicted molar refractivity (Wildman–Crippen MR) is 188 cm³/mol. The summed E-state index contributed by atoms with van der Waals surface area (Å²) >= 11 is 0. The molecule has 4 rings (SSSR count). The van der Waals surface area contributed by atoms with Gasteiger partial charge in [-0.25, -0.2) is 4.79 Å². The molecule has 0 heterocycles. The van der Waals surface area contributed by atoms with E-state index in [4.69, 9.17) is 9.16 Å². The van der Waals surface area contributed by atoms with Crippen LogP contribution < -0.4 is 10.4 Å². The number of non-ortho nitro benzene ring substituents is 1. The van der Waals surface area contributed by atoms with Crippen molar-refractivity contribution in [3.63, 3.8) is 0 Å². The number of ether oxygens (including phenoxy) is 1. The second kappa shape index (κ2) is 16.1. The number of esters is 1. The van der Waals surface area contributed by atoms with E-state index in [9.17, 15) is 14.9 Å². The lowest BCUT2D eigenvalue weighted by atomic mass is 10.1. The molecular weight excluding hydrogens is 591 g/mol. The largest absolute Gasteiger partial charge is 0.454 e. The van der Waals surface area contributed by atoms with Gasteiger partial charge in [0, 0.05) is 18.6 Å². The molecule has 2 atom stereocenters. The van der Waals surface area contributed by atoms with Crippen molar-refractivity contribution in [3.8, 4) is 0 Å². The molecule has 0 bridgehead atoms. The number of nitro benzene ring substituents is 1. The summed E-state index contributed by atoms with van der Waals surface area (Å²) in [5, 5.41) is 13.4. The van der Waals surface area contributed by atoms with E-state index < -0.39 is 25.3 Å². The predicted octanol–water partition coefficient (Wildman–Crippen LogP) is 8.74. The summed E-state index contributed by atoms with van der Waals surface area (Å²) in [6.07, 6.45) is 9.88. The minimum absolute atomic E-state index is 0.0748. The normalized spacial score (nSPS) is 13.5. The van der Waals surface area contributed by atoms with Crippen molar-refractivity contribution in [2.75, 3.05) is 0 Å². The summed E-state index contributed by atoms with van der Waals surface area (Å²) in [6.45, 7) is 8.88. The van der Waals surface area contributed by atoms with E-state index in [-0.39, 0.29) is 22.4 Å². The quantitative estimate of drug-likeness (QED) is 0.0456. The van der Waals surface area contributed by atoms with E-state index in [2.05, 4.69) is 106 Å². The monoisotopic (exact) mass is 633 g/mol. The van der Waals surface area contributed by atoms with Crippen LogP contribution in [0.4, 0.5) is 5.69 Å². The van der Waals surface area contributed by atoms with Gasteiger partial charge in [-0.05, 0) is 52.9 Å². The van der Waals surface area contributed by atoms with Crippen LogP contribution in [-0.4, -0.2) is 25.3 Å². The zero-order valence-corrected chi connectivity index (χ0v) is 28.0. The first-order valence-corrected chi connectivity index (χ1v) is 17.6. The fourth-order valence-electron chi connectivity index (χ4n) is 5.76. The zero-order valence-electron chi connectivity index (χ0n) is 27.0. The molecule has 6 nitrogen and oxygen atoms in total. The van der Waals surface area contributed by atoms with E-state index in [1.54, 1.807) is 0 Å². The number of benzene rings is 4. The molecule has 4 aromatic carbocycles. The van der Waals surface area contributed by atoms with Crippen LogP contribution in [-0.2, 0) is 9.16 Å². The second-order valence-electron chi connectivity index (χ2n) is 12.2. The van der Waals surface area contributed by atoms with E-state index in [1.807, 2.05) is 37.3 Å². The Bertz CT molecular complexity index is 1560. The Kier molecular flexibility index (Phi) is 12.0. The topological polar surface area (TPSA) is 78.7 Å². The lowest BCUT2D eigenvalue weighted by molar-refractivity contribution is -0.384. The number of rotatable bonds is 14. The Hall–Kier alpha value is -4.59. The molecule has 0 amide bonds. The first kappa shape index (κ1) is 34.3. The molecule has 0 spiro atoms. The molecule has 0 aliphatic heterocycles. The molecule has 0 saturated heterocycles. The van der Waals surface area contributed by atoms with E-state index in [0.29, 0.717) is 6.42 Å². The molecule has 0 saturated carbocycles. The first-order chi connectivity index (χ1) is 22.2. The number of hydrogen-bond donors (Lipinski definition) is 0. The maximum absolute atomic E-state index is 13.0. The Morgan fingerprint density at radius 1 is 0.826 bits per heavy atom. The minimum atomic E-state index is -2.71. The lowest BCUT2D eigenvalue weighted by Gasteiger charge is -2.44. The van der Waals surface area contributed by atoms with Crippen LogP contribution >= 0.6 is 0 Å². The van der Waals surface area contributed by atoms with Crippen LogP contribution in [0.25, 0.3) is 0 Å². The molecule has 238 valence electrons. The van der Waals surface area contributed by atoms with Crippen molar-refractivity contribution in [2.24, 2.45) is 0 Å². The number of nitrogens with zero attached hydrogens (tertiary/aromatic N) is 1. The molecule has 0 unspecified atom stereocenters. The lowest BCUT2D eigenvalue weighted by Crippen LogP contribution is -2.67. The van der Waals surface area contributed by atoms with Gasteiger partial charge in [0.1, 0.15) is 6.10 Å². The maximum atomic E-state index is 13.0. The van der Waals surface area contributed by atoms with Gasteiger partial charge in [0.15, 0.2) is 0 Å². The van der Waals surface area contributed by atoms with E-state index >= 15 is 0 Å². The number of carbonyl (C=O) groups is 1. The Morgan fingerprint density at radius 3 is 1.87 bits per heavy atom.